The van der Waals surface area contributed by atoms with Crippen LogP contribution in [-0.2, 0) is 0 Å². The SMILES string of the molecule is C1CC(CNC2CNC2)CS1. The Morgan fingerprint density at radius 1 is 1.45 bits per heavy atom. The van der Waals surface area contributed by atoms with E-state index in [9.17, 15) is 0 Å². The molecule has 2 fully saturated rings. The molecule has 2 heterocycles. The largest absolute Gasteiger partial charge is 0.314 e. The summed E-state index contributed by atoms with van der Waals surface area (Å²) in [5.74, 6) is 3.73. The maximum atomic E-state index is 3.59. The highest BCUT2D eigenvalue weighted by molar-refractivity contribution is 7.99. The molecule has 11 heavy (non-hydrogen) atoms. The highest BCUT2D eigenvalue weighted by Gasteiger charge is 2.19. The van der Waals surface area contributed by atoms with Gasteiger partial charge in [-0.1, -0.05) is 0 Å². The molecule has 0 aromatic rings. The fraction of sp³-hybridized carbons (Fsp3) is 1.00. The maximum absolute atomic E-state index is 3.59. The van der Waals surface area contributed by atoms with E-state index in [0.717, 1.165) is 12.0 Å². The fourth-order valence-corrected chi connectivity index (χ4v) is 2.80. The van der Waals surface area contributed by atoms with Gasteiger partial charge >= 0.3 is 0 Å². The molecular formula is C8H16N2S. The second-order valence-electron chi connectivity index (χ2n) is 3.49. The summed E-state index contributed by atoms with van der Waals surface area (Å²) < 4.78 is 0. The van der Waals surface area contributed by atoms with Crippen molar-refractivity contribution in [3.05, 3.63) is 0 Å². The average Bonchev–Trinajstić information content (AvgIpc) is 2.36. The van der Waals surface area contributed by atoms with E-state index in [1.807, 2.05) is 0 Å². The lowest BCUT2D eigenvalue weighted by Crippen LogP contribution is -2.56. The zero-order valence-electron chi connectivity index (χ0n) is 6.81. The molecule has 2 aliphatic rings. The van der Waals surface area contributed by atoms with Crippen LogP contribution >= 0.6 is 11.8 Å². The first-order valence-electron chi connectivity index (χ1n) is 4.47. The van der Waals surface area contributed by atoms with Gasteiger partial charge in [0, 0.05) is 19.1 Å². The molecule has 1 atom stereocenters. The van der Waals surface area contributed by atoms with E-state index in [2.05, 4.69) is 22.4 Å². The summed E-state index contributed by atoms with van der Waals surface area (Å²) in [4.78, 5) is 0. The summed E-state index contributed by atoms with van der Waals surface area (Å²) in [6.07, 6.45) is 1.43. The van der Waals surface area contributed by atoms with Crippen LogP contribution in [-0.4, -0.2) is 37.2 Å². The second-order valence-corrected chi connectivity index (χ2v) is 4.64. The summed E-state index contributed by atoms with van der Waals surface area (Å²) >= 11 is 2.10. The molecule has 0 spiro atoms. The van der Waals surface area contributed by atoms with Crippen molar-refractivity contribution in [2.45, 2.75) is 12.5 Å². The molecular weight excluding hydrogens is 156 g/mol. The van der Waals surface area contributed by atoms with Gasteiger partial charge in [-0.25, -0.2) is 0 Å². The van der Waals surface area contributed by atoms with E-state index >= 15 is 0 Å². The van der Waals surface area contributed by atoms with E-state index in [1.165, 1.54) is 37.6 Å². The maximum Gasteiger partial charge on any atom is 0.0317 e. The standard InChI is InChI=1S/C8H16N2S/c1-2-11-6-7(1)3-10-8-4-9-5-8/h7-10H,1-6H2. The van der Waals surface area contributed by atoms with Crippen molar-refractivity contribution in [1.29, 1.82) is 0 Å². The Balaban J connectivity index is 1.57. The van der Waals surface area contributed by atoms with Crippen LogP contribution in [0.25, 0.3) is 0 Å². The number of rotatable bonds is 3. The van der Waals surface area contributed by atoms with E-state index in [0.29, 0.717) is 0 Å². The Bertz CT molecular complexity index is 119. The fourth-order valence-electron chi connectivity index (χ4n) is 1.51. The topological polar surface area (TPSA) is 24.1 Å². The zero-order valence-corrected chi connectivity index (χ0v) is 7.62. The third kappa shape index (κ3) is 2.10. The number of hydrogen-bond acceptors (Lipinski definition) is 3. The van der Waals surface area contributed by atoms with Crippen molar-refractivity contribution >= 4 is 11.8 Å². The highest BCUT2D eigenvalue weighted by atomic mass is 32.2. The minimum atomic E-state index is 0.778. The first-order chi connectivity index (χ1) is 5.45. The first-order valence-corrected chi connectivity index (χ1v) is 5.62. The molecule has 0 aromatic carbocycles. The van der Waals surface area contributed by atoms with Crippen LogP contribution in [0.5, 0.6) is 0 Å². The average molecular weight is 172 g/mol. The lowest BCUT2D eigenvalue weighted by Gasteiger charge is -2.29. The summed E-state index contributed by atoms with van der Waals surface area (Å²) in [5, 5.41) is 6.85. The van der Waals surface area contributed by atoms with Gasteiger partial charge in [0.05, 0.1) is 0 Å². The molecule has 0 radical (unpaired) electrons. The molecule has 0 aromatic heterocycles. The second kappa shape index (κ2) is 3.78. The van der Waals surface area contributed by atoms with Crippen molar-refractivity contribution in [2.75, 3.05) is 31.1 Å². The van der Waals surface area contributed by atoms with E-state index < -0.39 is 0 Å². The third-order valence-corrected chi connectivity index (χ3v) is 3.73. The van der Waals surface area contributed by atoms with Gasteiger partial charge in [-0.05, 0) is 30.4 Å². The van der Waals surface area contributed by atoms with Crippen molar-refractivity contribution in [3.63, 3.8) is 0 Å². The van der Waals surface area contributed by atoms with Crippen molar-refractivity contribution in [3.8, 4) is 0 Å². The lowest BCUT2D eigenvalue weighted by atomic mass is 10.1. The van der Waals surface area contributed by atoms with Gasteiger partial charge in [-0.3, -0.25) is 0 Å². The highest BCUT2D eigenvalue weighted by Crippen LogP contribution is 2.22. The first kappa shape index (κ1) is 7.90. The van der Waals surface area contributed by atoms with Crippen LogP contribution in [0.3, 0.4) is 0 Å². The molecule has 2 N–H and O–H groups in total. The summed E-state index contributed by atoms with van der Waals surface area (Å²) in [7, 11) is 0. The minimum Gasteiger partial charge on any atom is -0.314 e. The molecule has 0 saturated carbocycles. The van der Waals surface area contributed by atoms with Crippen molar-refractivity contribution in [1.82, 2.24) is 10.6 Å². The third-order valence-electron chi connectivity index (χ3n) is 2.50. The van der Waals surface area contributed by atoms with Crippen LogP contribution < -0.4 is 10.6 Å². The van der Waals surface area contributed by atoms with Crippen LogP contribution in [0, 0.1) is 5.92 Å². The van der Waals surface area contributed by atoms with Gasteiger partial charge in [0.25, 0.3) is 0 Å². The number of thioether (sulfide) groups is 1. The van der Waals surface area contributed by atoms with E-state index in [1.54, 1.807) is 0 Å². The van der Waals surface area contributed by atoms with Crippen LogP contribution in [0.2, 0.25) is 0 Å². The van der Waals surface area contributed by atoms with Crippen LogP contribution in [0.15, 0.2) is 0 Å². The Kier molecular flexibility index (Phi) is 2.72. The molecule has 2 rings (SSSR count). The van der Waals surface area contributed by atoms with Gasteiger partial charge in [-0.2, -0.15) is 11.8 Å². The number of nitrogens with one attached hydrogen (secondary N) is 2. The summed E-state index contributed by atoms with van der Waals surface area (Å²) in [6.45, 7) is 3.61. The molecule has 2 saturated heterocycles. The molecule has 64 valence electrons. The van der Waals surface area contributed by atoms with Gasteiger partial charge in [-0.15, -0.1) is 0 Å². The van der Waals surface area contributed by atoms with E-state index in [4.69, 9.17) is 0 Å². The Morgan fingerprint density at radius 3 is 2.91 bits per heavy atom. The zero-order chi connectivity index (χ0) is 7.52. The van der Waals surface area contributed by atoms with E-state index in [-0.39, 0.29) is 0 Å². The van der Waals surface area contributed by atoms with Crippen LogP contribution in [0.4, 0.5) is 0 Å². The normalized spacial score (nSPS) is 32.2. The monoisotopic (exact) mass is 172 g/mol. The molecule has 0 bridgehead atoms. The predicted molar refractivity (Wildman–Crippen MR) is 50.1 cm³/mol. The molecule has 1 unspecified atom stereocenters. The molecule has 0 amide bonds. The van der Waals surface area contributed by atoms with Gasteiger partial charge in [0.15, 0.2) is 0 Å². The summed E-state index contributed by atoms with van der Waals surface area (Å²) in [6, 6.07) is 0.778. The molecule has 2 aliphatic heterocycles. The van der Waals surface area contributed by atoms with Crippen molar-refractivity contribution in [2.24, 2.45) is 5.92 Å². The minimum absolute atomic E-state index is 0.778. The quantitative estimate of drug-likeness (QED) is 0.640. The Hall–Kier alpha value is 0.270. The summed E-state index contributed by atoms with van der Waals surface area (Å²) in [5.41, 5.74) is 0. The van der Waals surface area contributed by atoms with Gasteiger partial charge in [0.1, 0.15) is 0 Å². The molecule has 0 aliphatic carbocycles. The molecule has 2 nitrogen and oxygen atoms in total. The van der Waals surface area contributed by atoms with Gasteiger partial charge < -0.3 is 10.6 Å². The Labute approximate surface area is 72.5 Å². The smallest absolute Gasteiger partial charge is 0.0317 e. The van der Waals surface area contributed by atoms with Crippen molar-refractivity contribution < 1.29 is 0 Å². The van der Waals surface area contributed by atoms with Crippen LogP contribution in [0.1, 0.15) is 6.42 Å². The predicted octanol–water partition coefficient (Wildman–Crippen LogP) is 0.301. The van der Waals surface area contributed by atoms with Gasteiger partial charge in [0.2, 0.25) is 0 Å². The number of hydrogen-bond donors (Lipinski definition) is 2. The molecule has 3 heteroatoms. The lowest BCUT2D eigenvalue weighted by molar-refractivity contribution is 0.346. The Morgan fingerprint density at radius 2 is 2.36 bits per heavy atom.